The fraction of sp³-hybridized carbons (Fsp3) is 0.818. The van der Waals surface area contributed by atoms with E-state index < -0.39 is 0 Å². The molecule has 0 bridgehead atoms. The molecule has 1 unspecified atom stereocenters. The lowest BCUT2D eigenvalue weighted by Gasteiger charge is -2.17. The van der Waals surface area contributed by atoms with Gasteiger partial charge in [-0.1, -0.05) is 32.4 Å². The van der Waals surface area contributed by atoms with Gasteiger partial charge in [-0.25, -0.2) is 4.68 Å². The topological polar surface area (TPSA) is 42.7 Å². The predicted molar refractivity (Wildman–Crippen MR) is 61.6 cm³/mol. The van der Waals surface area contributed by atoms with Crippen molar-refractivity contribution in [3.63, 3.8) is 0 Å². The third kappa shape index (κ3) is 3.30. The van der Waals surface area contributed by atoms with Gasteiger partial charge in [0.15, 0.2) is 0 Å². The molecule has 1 N–H and O–H groups in total. The molecular formula is C11H22N4. The van der Waals surface area contributed by atoms with Crippen molar-refractivity contribution in [2.75, 3.05) is 6.54 Å². The number of hydrogen-bond donors (Lipinski definition) is 1. The second-order valence-corrected chi connectivity index (χ2v) is 3.78. The Morgan fingerprint density at radius 2 is 2.13 bits per heavy atom. The molecule has 0 radical (unpaired) electrons. The summed E-state index contributed by atoms with van der Waals surface area (Å²) in [6.45, 7) is 8.45. The molecule has 4 nitrogen and oxygen atoms in total. The molecule has 0 saturated carbocycles. The Bertz CT molecular complexity index is 263. The molecule has 0 amide bonds. The lowest BCUT2D eigenvalue weighted by Crippen LogP contribution is -2.23. The fourth-order valence-corrected chi connectivity index (χ4v) is 1.81. The van der Waals surface area contributed by atoms with E-state index in [1.165, 1.54) is 12.1 Å². The number of rotatable bonds is 7. The maximum atomic E-state index is 4.12. The summed E-state index contributed by atoms with van der Waals surface area (Å²) in [6.07, 6.45) is 5.31. The molecule has 0 saturated heterocycles. The van der Waals surface area contributed by atoms with E-state index in [-0.39, 0.29) is 0 Å². The van der Waals surface area contributed by atoms with Crippen molar-refractivity contribution in [2.45, 2.75) is 52.6 Å². The average Bonchev–Trinajstić information content (AvgIpc) is 2.66. The SMILES string of the molecule is CCCC(NCC)c1cnnn1CCC. The van der Waals surface area contributed by atoms with Crippen LogP contribution in [0.15, 0.2) is 6.20 Å². The van der Waals surface area contributed by atoms with Gasteiger partial charge in [-0.05, 0) is 19.4 Å². The van der Waals surface area contributed by atoms with Crippen LogP contribution in [0.3, 0.4) is 0 Å². The van der Waals surface area contributed by atoms with Gasteiger partial charge in [-0.3, -0.25) is 0 Å². The third-order valence-corrected chi connectivity index (χ3v) is 2.47. The first-order valence-corrected chi connectivity index (χ1v) is 5.95. The Labute approximate surface area is 92.1 Å². The van der Waals surface area contributed by atoms with Crippen LogP contribution in [0.4, 0.5) is 0 Å². The van der Waals surface area contributed by atoms with Crippen LogP contribution in [0, 0.1) is 0 Å². The van der Waals surface area contributed by atoms with Crippen molar-refractivity contribution in [1.29, 1.82) is 0 Å². The van der Waals surface area contributed by atoms with E-state index in [0.717, 1.165) is 25.9 Å². The lowest BCUT2D eigenvalue weighted by molar-refractivity contribution is 0.451. The van der Waals surface area contributed by atoms with Gasteiger partial charge in [-0.2, -0.15) is 0 Å². The largest absolute Gasteiger partial charge is 0.309 e. The van der Waals surface area contributed by atoms with Crippen molar-refractivity contribution in [1.82, 2.24) is 20.3 Å². The van der Waals surface area contributed by atoms with Crippen molar-refractivity contribution < 1.29 is 0 Å². The minimum absolute atomic E-state index is 0.404. The van der Waals surface area contributed by atoms with Crippen LogP contribution in [0.2, 0.25) is 0 Å². The first-order valence-electron chi connectivity index (χ1n) is 5.95. The zero-order valence-electron chi connectivity index (χ0n) is 10.0. The maximum Gasteiger partial charge on any atom is 0.0756 e. The summed E-state index contributed by atoms with van der Waals surface area (Å²) >= 11 is 0. The first kappa shape index (κ1) is 12.2. The summed E-state index contributed by atoms with van der Waals surface area (Å²) in [5, 5.41) is 11.6. The average molecular weight is 210 g/mol. The summed E-state index contributed by atoms with van der Waals surface area (Å²) < 4.78 is 2.02. The van der Waals surface area contributed by atoms with Gasteiger partial charge in [0.1, 0.15) is 0 Å². The summed E-state index contributed by atoms with van der Waals surface area (Å²) in [4.78, 5) is 0. The molecule has 1 rings (SSSR count). The molecule has 15 heavy (non-hydrogen) atoms. The summed E-state index contributed by atoms with van der Waals surface area (Å²) in [5.74, 6) is 0. The van der Waals surface area contributed by atoms with Crippen molar-refractivity contribution >= 4 is 0 Å². The normalized spacial score (nSPS) is 13.0. The van der Waals surface area contributed by atoms with E-state index in [2.05, 4.69) is 36.4 Å². The fourth-order valence-electron chi connectivity index (χ4n) is 1.81. The van der Waals surface area contributed by atoms with Gasteiger partial charge in [0.25, 0.3) is 0 Å². The molecule has 1 heterocycles. The number of aromatic nitrogens is 3. The standard InChI is InChI=1S/C11H22N4/c1-4-7-10(12-6-3)11-9-13-14-15(11)8-5-2/h9-10,12H,4-8H2,1-3H3. The third-order valence-electron chi connectivity index (χ3n) is 2.47. The molecule has 1 aromatic heterocycles. The van der Waals surface area contributed by atoms with Gasteiger partial charge >= 0.3 is 0 Å². The molecule has 1 atom stereocenters. The summed E-state index contributed by atoms with van der Waals surface area (Å²) in [6, 6.07) is 0.404. The van der Waals surface area contributed by atoms with Gasteiger partial charge < -0.3 is 5.32 Å². The lowest BCUT2D eigenvalue weighted by atomic mass is 10.1. The first-order chi connectivity index (χ1) is 7.33. The highest BCUT2D eigenvalue weighted by atomic mass is 15.4. The Morgan fingerprint density at radius 3 is 2.73 bits per heavy atom. The molecule has 0 aliphatic heterocycles. The van der Waals surface area contributed by atoms with E-state index in [0.29, 0.717) is 6.04 Å². The van der Waals surface area contributed by atoms with Crippen molar-refractivity contribution in [3.05, 3.63) is 11.9 Å². The highest BCUT2D eigenvalue weighted by Crippen LogP contribution is 2.17. The van der Waals surface area contributed by atoms with Crippen molar-refractivity contribution in [2.24, 2.45) is 0 Å². The molecule has 0 spiro atoms. The Kier molecular flexibility index (Phi) is 5.32. The van der Waals surface area contributed by atoms with Crippen LogP contribution in [-0.4, -0.2) is 21.5 Å². The molecule has 0 aliphatic carbocycles. The molecule has 4 heteroatoms. The van der Waals surface area contributed by atoms with E-state index >= 15 is 0 Å². The molecule has 1 aromatic rings. The molecule has 0 fully saturated rings. The van der Waals surface area contributed by atoms with Gasteiger partial charge in [0.2, 0.25) is 0 Å². The van der Waals surface area contributed by atoms with E-state index in [1.807, 2.05) is 10.9 Å². The molecule has 0 aliphatic rings. The second kappa shape index (κ2) is 6.56. The number of nitrogens with zero attached hydrogens (tertiary/aromatic N) is 3. The van der Waals surface area contributed by atoms with Crippen LogP contribution in [-0.2, 0) is 6.54 Å². The monoisotopic (exact) mass is 210 g/mol. The zero-order valence-corrected chi connectivity index (χ0v) is 10.0. The van der Waals surface area contributed by atoms with Gasteiger partial charge in [0.05, 0.1) is 17.9 Å². The Hall–Kier alpha value is -0.900. The van der Waals surface area contributed by atoms with Crippen LogP contribution in [0.5, 0.6) is 0 Å². The highest BCUT2D eigenvalue weighted by Gasteiger charge is 2.14. The predicted octanol–water partition coefficient (Wildman–Crippen LogP) is 2.14. The molecule has 86 valence electrons. The number of hydrogen-bond acceptors (Lipinski definition) is 3. The smallest absolute Gasteiger partial charge is 0.0756 e. The molecule has 0 aromatic carbocycles. The van der Waals surface area contributed by atoms with Crippen LogP contribution < -0.4 is 5.32 Å². The minimum atomic E-state index is 0.404. The van der Waals surface area contributed by atoms with E-state index in [1.54, 1.807) is 0 Å². The van der Waals surface area contributed by atoms with Crippen LogP contribution in [0.25, 0.3) is 0 Å². The second-order valence-electron chi connectivity index (χ2n) is 3.78. The zero-order chi connectivity index (χ0) is 11.1. The van der Waals surface area contributed by atoms with Crippen LogP contribution >= 0.6 is 0 Å². The number of aryl methyl sites for hydroxylation is 1. The van der Waals surface area contributed by atoms with Crippen LogP contribution in [0.1, 0.15) is 51.8 Å². The Balaban J connectivity index is 2.74. The molecular weight excluding hydrogens is 188 g/mol. The Morgan fingerprint density at radius 1 is 1.33 bits per heavy atom. The van der Waals surface area contributed by atoms with Gasteiger partial charge in [0, 0.05) is 6.54 Å². The minimum Gasteiger partial charge on any atom is -0.309 e. The maximum absolute atomic E-state index is 4.12. The highest BCUT2D eigenvalue weighted by molar-refractivity contribution is 5.02. The van der Waals surface area contributed by atoms with E-state index in [4.69, 9.17) is 0 Å². The summed E-state index contributed by atoms with van der Waals surface area (Å²) in [5.41, 5.74) is 1.22. The quantitative estimate of drug-likeness (QED) is 0.749. The van der Waals surface area contributed by atoms with Gasteiger partial charge in [-0.15, -0.1) is 5.10 Å². The van der Waals surface area contributed by atoms with Crippen molar-refractivity contribution in [3.8, 4) is 0 Å². The summed E-state index contributed by atoms with van der Waals surface area (Å²) in [7, 11) is 0. The van der Waals surface area contributed by atoms with E-state index in [9.17, 15) is 0 Å². The number of nitrogens with one attached hydrogen (secondary N) is 1.